The highest BCUT2D eigenvalue weighted by Crippen LogP contribution is 2.35. The number of imide groups is 1. The largest absolute Gasteiger partial charge is 0.379 e. The van der Waals surface area contributed by atoms with Gasteiger partial charge < -0.3 is 4.74 Å². The molecule has 0 radical (unpaired) electrons. The van der Waals surface area contributed by atoms with Gasteiger partial charge >= 0.3 is 0 Å². The van der Waals surface area contributed by atoms with Crippen molar-refractivity contribution < 1.29 is 14.3 Å². The van der Waals surface area contributed by atoms with Gasteiger partial charge in [0, 0.05) is 25.9 Å². The molecule has 0 bridgehead atoms. The van der Waals surface area contributed by atoms with Crippen LogP contribution in [0.2, 0.25) is 0 Å². The first-order chi connectivity index (χ1) is 8.06. The molecule has 0 spiro atoms. The number of amides is 2. The minimum Gasteiger partial charge on any atom is -0.379 e. The third-order valence-corrected chi connectivity index (χ3v) is 3.75. The molecule has 2 saturated heterocycles. The highest BCUT2D eigenvalue weighted by Gasteiger charge is 2.42. The predicted octanol–water partition coefficient (Wildman–Crippen LogP) is 0.799. The molecule has 0 atom stereocenters. The third kappa shape index (κ3) is 2.50. The van der Waals surface area contributed by atoms with Gasteiger partial charge in [0.15, 0.2) is 0 Å². The van der Waals surface area contributed by atoms with Crippen LogP contribution in [0.25, 0.3) is 0 Å². The number of hydrogen-bond donors (Lipinski definition) is 0. The van der Waals surface area contributed by atoms with Crippen LogP contribution in [0.4, 0.5) is 0 Å². The number of carbonyl (C=O) groups excluding carboxylic acids is 2. The lowest BCUT2D eigenvalue weighted by Crippen LogP contribution is -2.58. The Morgan fingerprint density at radius 3 is 2.18 bits per heavy atom. The fourth-order valence-corrected chi connectivity index (χ4v) is 2.40. The van der Waals surface area contributed by atoms with Gasteiger partial charge in [-0.25, -0.2) is 10.0 Å². The van der Waals surface area contributed by atoms with Crippen molar-refractivity contribution in [3.63, 3.8) is 0 Å². The lowest BCUT2D eigenvalue weighted by atomic mass is 9.78. The Hall–Kier alpha value is -0.940. The van der Waals surface area contributed by atoms with Crippen LogP contribution >= 0.6 is 0 Å². The molecule has 0 aromatic heterocycles. The molecule has 5 nitrogen and oxygen atoms in total. The van der Waals surface area contributed by atoms with Gasteiger partial charge in [-0.15, -0.1) is 0 Å². The standard InChI is InChI=1S/C12H20N2O3/c1-3-12(2)8-10(15)14(11(16)9-12)13-4-6-17-7-5-13/h3-9H2,1-2H3. The summed E-state index contributed by atoms with van der Waals surface area (Å²) >= 11 is 0. The molecule has 0 aromatic rings. The Morgan fingerprint density at radius 2 is 1.71 bits per heavy atom. The van der Waals surface area contributed by atoms with Crippen molar-refractivity contribution in [3.8, 4) is 0 Å². The first kappa shape index (κ1) is 12.5. The van der Waals surface area contributed by atoms with E-state index in [2.05, 4.69) is 0 Å². The topological polar surface area (TPSA) is 49.9 Å². The molecule has 17 heavy (non-hydrogen) atoms. The summed E-state index contributed by atoms with van der Waals surface area (Å²) in [4.78, 5) is 24.2. The summed E-state index contributed by atoms with van der Waals surface area (Å²) in [5.74, 6) is -0.125. The zero-order valence-electron chi connectivity index (χ0n) is 10.6. The van der Waals surface area contributed by atoms with Crippen LogP contribution in [0.15, 0.2) is 0 Å². The molecule has 2 amide bonds. The van der Waals surface area contributed by atoms with Crippen LogP contribution in [0.3, 0.4) is 0 Å². The SMILES string of the molecule is CCC1(C)CC(=O)N(N2CCOCC2)C(=O)C1. The Bertz CT molecular complexity index is 306. The quantitative estimate of drug-likeness (QED) is 0.670. The molecule has 96 valence electrons. The van der Waals surface area contributed by atoms with Crippen LogP contribution in [0.1, 0.15) is 33.1 Å². The first-order valence-electron chi connectivity index (χ1n) is 6.24. The van der Waals surface area contributed by atoms with Crippen LogP contribution in [-0.4, -0.2) is 48.1 Å². The zero-order chi connectivity index (χ0) is 12.5. The lowest BCUT2D eigenvalue weighted by molar-refractivity contribution is -0.179. The average molecular weight is 240 g/mol. The van der Waals surface area contributed by atoms with E-state index in [0.29, 0.717) is 39.1 Å². The molecular formula is C12H20N2O3. The predicted molar refractivity (Wildman–Crippen MR) is 61.9 cm³/mol. The fourth-order valence-electron chi connectivity index (χ4n) is 2.40. The highest BCUT2D eigenvalue weighted by atomic mass is 16.5. The minimum absolute atomic E-state index is 0.0625. The Kier molecular flexibility index (Phi) is 3.49. The molecule has 2 aliphatic rings. The summed E-state index contributed by atoms with van der Waals surface area (Å²) in [7, 11) is 0. The van der Waals surface area contributed by atoms with Crippen LogP contribution < -0.4 is 0 Å². The maximum absolute atomic E-state index is 12.1. The van der Waals surface area contributed by atoms with Gasteiger partial charge in [-0.2, -0.15) is 0 Å². The molecule has 2 aliphatic heterocycles. The van der Waals surface area contributed by atoms with Gasteiger partial charge in [0.05, 0.1) is 13.2 Å². The van der Waals surface area contributed by atoms with Crippen LogP contribution in [0.5, 0.6) is 0 Å². The number of rotatable bonds is 2. The Balaban J connectivity index is 2.09. The molecular weight excluding hydrogens is 220 g/mol. The van der Waals surface area contributed by atoms with Gasteiger partial charge in [-0.05, 0) is 11.8 Å². The number of hydrazine groups is 1. The molecule has 0 unspecified atom stereocenters. The monoisotopic (exact) mass is 240 g/mol. The van der Waals surface area contributed by atoms with E-state index in [-0.39, 0.29) is 17.2 Å². The van der Waals surface area contributed by atoms with Crippen molar-refractivity contribution in [2.24, 2.45) is 5.41 Å². The fraction of sp³-hybridized carbons (Fsp3) is 0.833. The van der Waals surface area contributed by atoms with Gasteiger partial charge in [-0.3, -0.25) is 9.59 Å². The number of carbonyl (C=O) groups is 2. The Labute approximate surface area is 102 Å². The highest BCUT2D eigenvalue weighted by molar-refractivity contribution is 5.97. The van der Waals surface area contributed by atoms with Gasteiger partial charge in [0.2, 0.25) is 11.8 Å². The first-order valence-corrected chi connectivity index (χ1v) is 6.24. The summed E-state index contributed by atoms with van der Waals surface area (Å²) in [6.45, 7) is 6.47. The van der Waals surface area contributed by atoms with Crippen LogP contribution in [0, 0.1) is 5.41 Å². The number of morpholine rings is 1. The van der Waals surface area contributed by atoms with Gasteiger partial charge in [0.1, 0.15) is 0 Å². The molecule has 2 rings (SSSR count). The van der Waals surface area contributed by atoms with E-state index in [1.807, 2.05) is 18.9 Å². The average Bonchev–Trinajstić information content (AvgIpc) is 2.29. The summed E-state index contributed by atoms with van der Waals surface area (Å²) in [6, 6.07) is 0. The maximum atomic E-state index is 12.1. The summed E-state index contributed by atoms with van der Waals surface area (Å²) < 4.78 is 5.23. The van der Waals surface area contributed by atoms with E-state index >= 15 is 0 Å². The number of piperidine rings is 1. The van der Waals surface area contributed by atoms with Gasteiger partial charge in [0.25, 0.3) is 0 Å². The van der Waals surface area contributed by atoms with Crippen molar-refractivity contribution in [3.05, 3.63) is 0 Å². The summed E-state index contributed by atoms with van der Waals surface area (Å²) in [6.07, 6.45) is 1.79. The lowest BCUT2D eigenvalue weighted by Gasteiger charge is -2.42. The molecule has 0 N–H and O–H groups in total. The number of nitrogens with zero attached hydrogens (tertiary/aromatic N) is 2. The second kappa shape index (κ2) is 4.74. The van der Waals surface area contributed by atoms with Crippen molar-refractivity contribution in [1.29, 1.82) is 0 Å². The van der Waals surface area contributed by atoms with Crippen molar-refractivity contribution >= 4 is 11.8 Å². The van der Waals surface area contributed by atoms with Gasteiger partial charge in [-0.1, -0.05) is 13.8 Å². The minimum atomic E-state index is -0.156. The van der Waals surface area contributed by atoms with Crippen molar-refractivity contribution in [2.45, 2.75) is 33.1 Å². The molecule has 0 aromatic carbocycles. The van der Waals surface area contributed by atoms with Crippen molar-refractivity contribution in [2.75, 3.05) is 26.3 Å². The van der Waals surface area contributed by atoms with E-state index < -0.39 is 0 Å². The molecule has 0 saturated carbocycles. The third-order valence-electron chi connectivity index (χ3n) is 3.75. The summed E-state index contributed by atoms with van der Waals surface area (Å²) in [5, 5.41) is 3.17. The second-order valence-corrected chi connectivity index (χ2v) is 5.18. The molecule has 2 fully saturated rings. The normalized spacial score (nSPS) is 26.4. The number of hydrogen-bond acceptors (Lipinski definition) is 4. The molecule has 5 heteroatoms. The number of ether oxygens (including phenoxy) is 1. The molecule has 0 aliphatic carbocycles. The smallest absolute Gasteiger partial charge is 0.244 e. The van der Waals surface area contributed by atoms with Crippen molar-refractivity contribution in [1.82, 2.24) is 10.0 Å². The second-order valence-electron chi connectivity index (χ2n) is 5.18. The van der Waals surface area contributed by atoms with E-state index in [0.717, 1.165) is 6.42 Å². The van der Waals surface area contributed by atoms with E-state index in [9.17, 15) is 9.59 Å². The maximum Gasteiger partial charge on any atom is 0.244 e. The van der Waals surface area contributed by atoms with E-state index in [1.54, 1.807) is 0 Å². The Morgan fingerprint density at radius 1 is 1.18 bits per heavy atom. The van der Waals surface area contributed by atoms with Crippen LogP contribution in [-0.2, 0) is 14.3 Å². The summed E-state index contributed by atoms with van der Waals surface area (Å²) in [5.41, 5.74) is -0.156. The van der Waals surface area contributed by atoms with E-state index in [4.69, 9.17) is 4.74 Å². The zero-order valence-corrected chi connectivity index (χ0v) is 10.6. The van der Waals surface area contributed by atoms with E-state index in [1.165, 1.54) is 5.01 Å². The molecule has 2 heterocycles.